The highest BCUT2D eigenvalue weighted by Gasteiger charge is 2.18. The molecule has 0 N–H and O–H groups in total. The average Bonchev–Trinajstić information content (AvgIpc) is 3.20. The first-order valence-electron chi connectivity index (χ1n) is 8.78. The average molecular weight is 355 g/mol. The predicted octanol–water partition coefficient (Wildman–Crippen LogP) is 5.65. The third-order valence-electron chi connectivity index (χ3n) is 4.99. The van der Waals surface area contributed by atoms with Crippen LogP contribution in [-0.4, -0.2) is 4.57 Å². The van der Waals surface area contributed by atoms with Crippen LogP contribution in [0.3, 0.4) is 0 Å². The quantitative estimate of drug-likeness (QED) is 0.362. The molecule has 0 aliphatic rings. The maximum absolute atomic E-state index is 2.40. The first kappa shape index (κ1) is 15.4. The van der Waals surface area contributed by atoms with Crippen LogP contribution in [0.25, 0.3) is 37.4 Å². The molecule has 0 spiro atoms. The first-order chi connectivity index (χ1) is 12.7. The molecule has 0 saturated carbocycles. The minimum absolute atomic E-state index is 1.25. The van der Waals surface area contributed by atoms with Gasteiger partial charge in [0.15, 0.2) is 6.20 Å². The van der Waals surface area contributed by atoms with Crippen LogP contribution in [0, 0.1) is 6.92 Å². The van der Waals surface area contributed by atoms with Crippen molar-refractivity contribution < 1.29 is 4.57 Å². The lowest BCUT2D eigenvalue weighted by molar-refractivity contribution is -0.660. The Morgan fingerprint density at radius 2 is 1.42 bits per heavy atom. The van der Waals surface area contributed by atoms with Crippen LogP contribution in [0.5, 0.6) is 0 Å². The number of nitrogens with zero attached hydrogens (tertiary/aromatic N) is 2. The van der Waals surface area contributed by atoms with Crippen molar-refractivity contribution in [2.45, 2.75) is 6.92 Å². The molecule has 0 bridgehead atoms. The Morgan fingerprint density at radius 1 is 0.808 bits per heavy atom. The Balaban J connectivity index is 1.82. The molecule has 0 aliphatic heterocycles. The molecule has 126 valence electrons. The van der Waals surface area contributed by atoms with Gasteiger partial charge in [-0.3, -0.25) is 0 Å². The molecule has 0 amide bonds. The Morgan fingerprint density at radius 3 is 2.08 bits per heavy atom. The van der Waals surface area contributed by atoms with E-state index in [2.05, 4.69) is 102 Å². The standard InChI is InChI=1S/C23H19N2S/c1-16-15-22(26-23(16)21-13-7-8-14-24(21)2)25-19-11-5-3-9-17(19)18-10-4-6-12-20(18)25/h3-15H,1-2H3/q+1. The number of hydrogen-bond donors (Lipinski definition) is 0. The van der Waals surface area contributed by atoms with Crippen molar-refractivity contribution in [1.82, 2.24) is 4.57 Å². The summed E-state index contributed by atoms with van der Waals surface area (Å²) in [6.07, 6.45) is 2.11. The van der Waals surface area contributed by atoms with Gasteiger partial charge in [0.05, 0.1) is 11.0 Å². The maximum Gasteiger partial charge on any atom is 0.222 e. The molecule has 0 unspecified atom stereocenters. The summed E-state index contributed by atoms with van der Waals surface area (Å²) in [5.74, 6) is 0. The van der Waals surface area contributed by atoms with E-state index in [1.807, 2.05) is 11.3 Å². The monoisotopic (exact) mass is 355 g/mol. The van der Waals surface area contributed by atoms with Crippen molar-refractivity contribution in [2.75, 3.05) is 0 Å². The van der Waals surface area contributed by atoms with E-state index in [1.165, 1.54) is 42.9 Å². The van der Waals surface area contributed by atoms with Gasteiger partial charge in [-0.15, -0.1) is 11.3 Å². The zero-order valence-electron chi connectivity index (χ0n) is 14.8. The molecule has 0 atom stereocenters. The fraction of sp³-hybridized carbons (Fsp3) is 0.0870. The van der Waals surface area contributed by atoms with Crippen LogP contribution >= 0.6 is 11.3 Å². The van der Waals surface area contributed by atoms with Crippen molar-refractivity contribution in [2.24, 2.45) is 7.05 Å². The van der Waals surface area contributed by atoms with Crippen LogP contribution < -0.4 is 4.57 Å². The lowest BCUT2D eigenvalue weighted by Gasteiger charge is -2.03. The number of aromatic nitrogens is 2. The Bertz CT molecular complexity index is 1210. The summed E-state index contributed by atoms with van der Waals surface area (Å²) in [6, 6.07) is 26.0. The van der Waals surface area contributed by atoms with Crippen molar-refractivity contribution in [3.63, 3.8) is 0 Å². The highest BCUT2D eigenvalue weighted by molar-refractivity contribution is 7.18. The van der Waals surface area contributed by atoms with E-state index in [0.29, 0.717) is 0 Å². The second-order valence-corrected chi connectivity index (χ2v) is 7.69. The zero-order valence-corrected chi connectivity index (χ0v) is 15.6. The molecular formula is C23H19N2S+. The number of hydrogen-bond acceptors (Lipinski definition) is 1. The summed E-state index contributed by atoms with van der Waals surface area (Å²) in [4.78, 5) is 1.32. The molecule has 3 aromatic heterocycles. The van der Waals surface area contributed by atoms with Crippen molar-refractivity contribution in [3.8, 4) is 15.6 Å². The molecule has 5 rings (SSSR count). The molecule has 0 aliphatic carbocycles. The number of pyridine rings is 1. The summed E-state index contributed by atoms with van der Waals surface area (Å²) >= 11 is 1.86. The number of fused-ring (bicyclic) bond motifs is 3. The first-order valence-corrected chi connectivity index (χ1v) is 9.60. The number of rotatable bonds is 2. The van der Waals surface area contributed by atoms with E-state index in [1.54, 1.807) is 0 Å². The second-order valence-electron chi connectivity index (χ2n) is 6.66. The summed E-state index contributed by atoms with van der Waals surface area (Å²) in [5.41, 5.74) is 5.09. The maximum atomic E-state index is 2.40. The molecule has 3 heteroatoms. The Kier molecular flexibility index (Phi) is 3.44. The summed E-state index contributed by atoms with van der Waals surface area (Å²) < 4.78 is 4.59. The van der Waals surface area contributed by atoms with E-state index in [0.717, 1.165) is 0 Å². The lowest BCUT2D eigenvalue weighted by Crippen LogP contribution is -2.29. The number of para-hydroxylation sites is 2. The molecule has 5 aromatic rings. The van der Waals surface area contributed by atoms with Gasteiger partial charge in [0.2, 0.25) is 5.69 Å². The van der Waals surface area contributed by atoms with Gasteiger partial charge in [-0.1, -0.05) is 36.4 Å². The SMILES string of the molecule is Cc1cc(-n2c3ccccc3c3ccccc32)sc1-c1cccc[n+]1C. The Labute approximate surface area is 156 Å². The number of aryl methyl sites for hydroxylation is 2. The highest BCUT2D eigenvalue weighted by Crippen LogP contribution is 2.38. The molecule has 2 aromatic carbocycles. The predicted molar refractivity (Wildman–Crippen MR) is 110 cm³/mol. The fourth-order valence-corrected chi connectivity index (χ4v) is 5.02. The summed E-state index contributed by atoms with van der Waals surface area (Å²) in [6.45, 7) is 2.20. The van der Waals surface area contributed by atoms with Crippen LogP contribution in [0.2, 0.25) is 0 Å². The fourth-order valence-electron chi connectivity index (χ4n) is 3.75. The molecule has 0 radical (unpaired) electrons. The van der Waals surface area contributed by atoms with E-state index < -0.39 is 0 Å². The smallest absolute Gasteiger partial charge is 0.222 e. The number of thiophene rings is 1. The summed E-state index contributed by atoms with van der Waals surface area (Å²) in [7, 11) is 2.11. The minimum Gasteiger partial charge on any atom is -0.301 e. The lowest BCUT2D eigenvalue weighted by atomic mass is 10.2. The van der Waals surface area contributed by atoms with E-state index in [4.69, 9.17) is 0 Å². The van der Waals surface area contributed by atoms with Crippen LogP contribution in [0.4, 0.5) is 0 Å². The van der Waals surface area contributed by atoms with E-state index in [9.17, 15) is 0 Å². The number of benzene rings is 2. The van der Waals surface area contributed by atoms with Gasteiger partial charge in [-0.25, -0.2) is 4.57 Å². The van der Waals surface area contributed by atoms with Crippen molar-refractivity contribution in [3.05, 3.63) is 84.6 Å². The third-order valence-corrected chi connectivity index (χ3v) is 6.24. The van der Waals surface area contributed by atoms with Gasteiger partial charge >= 0.3 is 0 Å². The summed E-state index contributed by atoms with van der Waals surface area (Å²) in [5, 5.41) is 3.88. The van der Waals surface area contributed by atoms with Gasteiger partial charge in [0.1, 0.15) is 16.9 Å². The molecule has 3 heterocycles. The largest absolute Gasteiger partial charge is 0.301 e. The van der Waals surface area contributed by atoms with Gasteiger partial charge < -0.3 is 4.57 Å². The van der Waals surface area contributed by atoms with E-state index >= 15 is 0 Å². The third kappa shape index (κ3) is 2.21. The Hall–Kier alpha value is -2.91. The van der Waals surface area contributed by atoms with Gasteiger partial charge in [0, 0.05) is 22.9 Å². The van der Waals surface area contributed by atoms with Crippen LogP contribution in [0.15, 0.2) is 79.0 Å². The molecular weight excluding hydrogens is 336 g/mol. The molecule has 2 nitrogen and oxygen atoms in total. The molecule has 26 heavy (non-hydrogen) atoms. The van der Waals surface area contributed by atoms with Gasteiger partial charge in [-0.2, -0.15) is 0 Å². The van der Waals surface area contributed by atoms with Crippen molar-refractivity contribution >= 4 is 33.1 Å². The van der Waals surface area contributed by atoms with Crippen LogP contribution in [0.1, 0.15) is 5.56 Å². The highest BCUT2D eigenvalue weighted by atomic mass is 32.1. The van der Waals surface area contributed by atoms with Gasteiger partial charge in [-0.05, 0) is 36.8 Å². The molecule has 0 saturated heterocycles. The topological polar surface area (TPSA) is 8.81 Å². The van der Waals surface area contributed by atoms with Crippen LogP contribution in [-0.2, 0) is 7.05 Å². The van der Waals surface area contributed by atoms with Gasteiger partial charge in [0.25, 0.3) is 0 Å². The second kappa shape index (κ2) is 5.82. The van der Waals surface area contributed by atoms with Crippen molar-refractivity contribution in [1.29, 1.82) is 0 Å². The zero-order chi connectivity index (χ0) is 17.7. The molecule has 0 fully saturated rings. The minimum atomic E-state index is 1.25. The van der Waals surface area contributed by atoms with E-state index in [-0.39, 0.29) is 0 Å². The normalized spacial score (nSPS) is 11.5.